The van der Waals surface area contributed by atoms with Gasteiger partial charge >= 0.3 is 110 Å². The van der Waals surface area contributed by atoms with Crippen molar-refractivity contribution in [2.24, 2.45) is 0 Å². The molecule has 6 heteroatoms. The molecule has 0 aliphatic heterocycles. The Morgan fingerprint density at radius 1 is 1.50 bits per heavy atom. The van der Waals surface area contributed by atoms with Gasteiger partial charge in [-0.15, -0.1) is 0 Å². The van der Waals surface area contributed by atoms with Gasteiger partial charge in [0.05, 0.1) is 0 Å². The van der Waals surface area contributed by atoms with Gasteiger partial charge in [-0.3, -0.25) is 0 Å². The zero-order valence-electron chi connectivity index (χ0n) is 10.2. The molecule has 0 aromatic carbocycles. The van der Waals surface area contributed by atoms with Gasteiger partial charge in [0, 0.05) is 0 Å². The topological polar surface area (TPSA) is 21.3 Å². The molecular weight excluding hydrogens is 297 g/mol. The quantitative estimate of drug-likeness (QED) is 0.618. The molecule has 0 saturated heterocycles. The predicted molar refractivity (Wildman–Crippen MR) is 70.6 cm³/mol. The number of ether oxygens (including phenoxy) is 1. The Balaban J connectivity index is 2.80. The second-order valence-corrected chi connectivity index (χ2v) is 27.9. The summed E-state index contributed by atoms with van der Waals surface area (Å²) in [6.07, 6.45) is 5.34. The molecular formula is C10H19Cl2NOSiTi. The summed E-state index contributed by atoms with van der Waals surface area (Å²) in [4.78, 5) is 3.49. The van der Waals surface area contributed by atoms with Gasteiger partial charge in [0.2, 0.25) is 0 Å². The van der Waals surface area contributed by atoms with Crippen LogP contribution in [-0.4, -0.2) is 19.4 Å². The summed E-state index contributed by atoms with van der Waals surface area (Å²) in [5.74, 6) is 0. The molecule has 0 spiro atoms. The Labute approximate surface area is 109 Å². The summed E-state index contributed by atoms with van der Waals surface area (Å²) in [7, 11) is 15.1. The SMILES string of the molecule is COC(C)N[Si](C)(C)[Ti]([Cl])([Cl])[C]1=CC=CC1. The summed E-state index contributed by atoms with van der Waals surface area (Å²) >= 11 is -2.94. The van der Waals surface area contributed by atoms with Gasteiger partial charge in [-0.05, 0) is 0 Å². The van der Waals surface area contributed by atoms with Crippen molar-refractivity contribution < 1.29 is 18.5 Å². The third kappa shape index (κ3) is 3.23. The fraction of sp³-hybridized carbons (Fsp3) is 0.600. The average molecular weight is 316 g/mol. The van der Waals surface area contributed by atoms with E-state index < -0.39 is 19.8 Å². The summed E-state index contributed by atoms with van der Waals surface area (Å²) in [5, 5.41) is 0. The predicted octanol–water partition coefficient (Wildman–Crippen LogP) is 3.58. The van der Waals surface area contributed by atoms with Crippen molar-refractivity contribution in [3.05, 3.63) is 22.1 Å². The van der Waals surface area contributed by atoms with Crippen molar-refractivity contribution in [3.63, 3.8) is 0 Å². The minimum atomic E-state index is -2.94. The molecule has 0 saturated carbocycles. The molecule has 1 N–H and O–H groups in total. The van der Waals surface area contributed by atoms with Gasteiger partial charge < -0.3 is 0 Å². The number of hydrogen-bond donors (Lipinski definition) is 1. The van der Waals surface area contributed by atoms with E-state index in [4.69, 9.17) is 23.3 Å². The number of nitrogens with one attached hydrogen (secondary N) is 1. The summed E-state index contributed by atoms with van der Waals surface area (Å²) in [6.45, 7) is 6.38. The van der Waals surface area contributed by atoms with Crippen LogP contribution in [0.4, 0.5) is 0 Å². The molecule has 0 radical (unpaired) electrons. The van der Waals surface area contributed by atoms with Crippen LogP contribution in [0.25, 0.3) is 0 Å². The molecule has 1 aliphatic carbocycles. The molecule has 0 bridgehead atoms. The van der Waals surface area contributed by atoms with E-state index in [1.807, 2.05) is 13.0 Å². The first-order valence-electron chi connectivity index (χ1n) is 5.36. The molecule has 1 aliphatic rings. The summed E-state index contributed by atoms with van der Waals surface area (Å²) < 4.78 is 6.51. The molecule has 0 amide bonds. The maximum atomic E-state index is 6.72. The van der Waals surface area contributed by atoms with E-state index in [1.165, 1.54) is 3.88 Å². The molecule has 1 atom stereocenters. The fourth-order valence-corrected chi connectivity index (χ4v) is 13.8. The fourth-order valence-electron chi connectivity index (χ4n) is 1.74. The van der Waals surface area contributed by atoms with E-state index in [2.05, 4.69) is 30.2 Å². The molecule has 0 heterocycles. The van der Waals surface area contributed by atoms with Crippen molar-refractivity contribution in [3.8, 4) is 0 Å². The van der Waals surface area contributed by atoms with E-state index in [1.54, 1.807) is 7.11 Å². The van der Waals surface area contributed by atoms with Crippen molar-refractivity contribution >= 4 is 24.7 Å². The van der Waals surface area contributed by atoms with E-state index in [-0.39, 0.29) is 6.23 Å². The Bertz CT molecular complexity index is 318. The van der Waals surface area contributed by atoms with Crippen LogP contribution in [0.1, 0.15) is 13.3 Å². The third-order valence-electron chi connectivity index (χ3n) is 2.88. The zero-order chi connectivity index (χ0) is 12.4. The Hall–Kier alpha value is 0.911. The van der Waals surface area contributed by atoms with Crippen LogP contribution >= 0.6 is 18.6 Å². The van der Waals surface area contributed by atoms with Crippen LogP contribution in [0.2, 0.25) is 13.1 Å². The summed E-state index contributed by atoms with van der Waals surface area (Å²) in [5.41, 5.74) is 0. The van der Waals surface area contributed by atoms with Crippen LogP contribution in [-0.2, 0) is 18.5 Å². The first-order valence-corrected chi connectivity index (χ1v) is 15.8. The maximum absolute atomic E-state index is 6.72. The van der Waals surface area contributed by atoms with Gasteiger partial charge in [0.25, 0.3) is 0 Å². The van der Waals surface area contributed by atoms with Crippen LogP contribution in [0.5, 0.6) is 0 Å². The van der Waals surface area contributed by atoms with Gasteiger partial charge in [0.15, 0.2) is 0 Å². The minimum absolute atomic E-state index is 0.0131. The molecule has 1 rings (SSSR count). The van der Waals surface area contributed by atoms with Gasteiger partial charge in [-0.2, -0.15) is 0 Å². The van der Waals surface area contributed by atoms with Crippen molar-refractivity contribution in [1.29, 1.82) is 0 Å². The zero-order valence-corrected chi connectivity index (χ0v) is 14.3. The number of hydrogen-bond acceptors (Lipinski definition) is 2. The summed E-state index contributed by atoms with van der Waals surface area (Å²) in [6, 6.07) is 0. The number of halogens is 2. The first kappa shape index (κ1) is 15.0. The second-order valence-electron chi connectivity index (χ2n) is 4.55. The van der Waals surface area contributed by atoms with Gasteiger partial charge in [-0.1, -0.05) is 0 Å². The van der Waals surface area contributed by atoms with Crippen molar-refractivity contribution in [1.82, 2.24) is 4.98 Å². The van der Waals surface area contributed by atoms with E-state index in [0.717, 1.165) is 6.42 Å². The van der Waals surface area contributed by atoms with Gasteiger partial charge in [-0.25, -0.2) is 0 Å². The van der Waals surface area contributed by atoms with Crippen LogP contribution in [0, 0.1) is 0 Å². The van der Waals surface area contributed by atoms with Crippen LogP contribution in [0.3, 0.4) is 0 Å². The van der Waals surface area contributed by atoms with Crippen molar-refractivity contribution in [2.75, 3.05) is 7.11 Å². The van der Waals surface area contributed by atoms with Crippen LogP contribution < -0.4 is 4.98 Å². The Kier molecular flexibility index (Phi) is 5.33. The molecule has 1 unspecified atom stereocenters. The van der Waals surface area contributed by atoms with E-state index in [9.17, 15) is 0 Å². The van der Waals surface area contributed by atoms with Crippen molar-refractivity contribution in [2.45, 2.75) is 32.7 Å². The monoisotopic (exact) mass is 315 g/mol. The number of rotatable bonds is 5. The number of allylic oxidation sites excluding steroid dienone is 4. The normalized spacial score (nSPS) is 18.8. The van der Waals surface area contributed by atoms with E-state index >= 15 is 0 Å². The molecule has 16 heavy (non-hydrogen) atoms. The Morgan fingerprint density at radius 3 is 2.56 bits per heavy atom. The van der Waals surface area contributed by atoms with Crippen LogP contribution in [0.15, 0.2) is 22.1 Å². The van der Waals surface area contributed by atoms with E-state index in [0.29, 0.717) is 0 Å². The second kappa shape index (κ2) is 5.70. The molecule has 0 aromatic heterocycles. The Morgan fingerprint density at radius 2 is 2.12 bits per heavy atom. The van der Waals surface area contributed by atoms with Gasteiger partial charge in [0.1, 0.15) is 0 Å². The number of methoxy groups -OCH3 is 1. The first-order chi connectivity index (χ1) is 7.31. The average Bonchev–Trinajstić information content (AvgIpc) is 2.69. The molecule has 0 fully saturated rings. The third-order valence-corrected chi connectivity index (χ3v) is 30.5. The molecule has 0 aromatic rings. The standard InChI is InChI=1S/C5H14NOSi.C5H5.2ClH.Ti/c1-5(7-2)6-8(3)4;1-2-4-5-3-1;;;/h5-6H,1-4H3;1-3H,4H2;2*1H;/q;;;;+2/p-2. The molecule has 2 nitrogen and oxygen atoms in total. The molecule has 92 valence electrons.